The molecule has 0 atom stereocenters. The van der Waals surface area contributed by atoms with Gasteiger partial charge in [0, 0.05) is 31.5 Å². The van der Waals surface area contributed by atoms with E-state index in [2.05, 4.69) is 48.5 Å². The molecule has 0 saturated carbocycles. The number of piperidine rings is 1. The molecule has 0 aromatic carbocycles. The van der Waals surface area contributed by atoms with Gasteiger partial charge in [-0.2, -0.15) is 9.61 Å². The molecule has 1 saturated heterocycles. The molecule has 3 aromatic rings. The van der Waals surface area contributed by atoms with Crippen LogP contribution in [0.5, 0.6) is 0 Å². The number of aryl methyl sites for hydroxylation is 1. The van der Waals surface area contributed by atoms with E-state index >= 15 is 0 Å². The Balaban J connectivity index is 1.47. The van der Waals surface area contributed by atoms with E-state index in [9.17, 15) is 0 Å². The summed E-state index contributed by atoms with van der Waals surface area (Å²) in [5.41, 5.74) is 2.82. The largest absolute Gasteiger partial charge is 0.379 e. The molecule has 0 amide bonds. The number of aromatic nitrogens is 6. The first kappa shape index (κ1) is 14.8. The first-order valence-electron chi connectivity index (χ1n) is 8.31. The van der Waals surface area contributed by atoms with Gasteiger partial charge in [-0.3, -0.25) is 4.98 Å². The quantitative estimate of drug-likeness (QED) is 0.779. The van der Waals surface area contributed by atoms with Crippen LogP contribution in [-0.4, -0.2) is 48.9 Å². The first-order chi connectivity index (χ1) is 11.8. The fourth-order valence-electron chi connectivity index (χ4n) is 3.09. The van der Waals surface area contributed by atoms with Gasteiger partial charge in [0.05, 0.1) is 17.6 Å². The van der Waals surface area contributed by atoms with Crippen LogP contribution in [0.4, 0.5) is 11.5 Å². The summed E-state index contributed by atoms with van der Waals surface area (Å²) in [7, 11) is 0. The Hall–Kier alpha value is -2.77. The first-order valence-corrected chi connectivity index (χ1v) is 8.31. The van der Waals surface area contributed by atoms with Gasteiger partial charge in [-0.05, 0) is 25.3 Å². The van der Waals surface area contributed by atoms with Gasteiger partial charge in [-0.25, -0.2) is 4.98 Å². The summed E-state index contributed by atoms with van der Waals surface area (Å²) >= 11 is 0. The number of nitrogens with one attached hydrogen (secondary N) is 1. The van der Waals surface area contributed by atoms with Crippen molar-refractivity contribution in [2.45, 2.75) is 32.2 Å². The van der Waals surface area contributed by atoms with E-state index in [-0.39, 0.29) is 0 Å². The van der Waals surface area contributed by atoms with E-state index in [1.807, 2.05) is 6.20 Å². The monoisotopic (exact) mass is 324 g/mol. The Morgan fingerprint density at radius 1 is 1.25 bits per heavy atom. The zero-order valence-electron chi connectivity index (χ0n) is 13.6. The maximum Gasteiger partial charge on any atom is 0.200 e. The van der Waals surface area contributed by atoms with Gasteiger partial charge in [-0.1, -0.05) is 6.92 Å². The molecule has 24 heavy (non-hydrogen) atoms. The minimum Gasteiger partial charge on any atom is -0.379 e. The Morgan fingerprint density at radius 2 is 2.12 bits per heavy atom. The van der Waals surface area contributed by atoms with Crippen LogP contribution in [0.15, 0.2) is 31.0 Å². The molecule has 1 aliphatic rings. The molecular weight excluding hydrogens is 304 g/mol. The van der Waals surface area contributed by atoms with Crippen molar-refractivity contribution >= 4 is 17.2 Å². The molecule has 1 fully saturated rings. The van der Waals surface area contributed by atoms with Crippen molar-refractivity contribution in [1.29, 1.82) is 0 Å². The molecule has 4 rings (SSSR count). The second-order valence-electron chi connectivity index (χ2n) is 5.97. The average molecular weight is 324 g/mol. The molecule has 0 unspecified atom stereocenters. The highest BCUT2D eigenvalue weighted by molar-refractivity contribution is 5.67. The highest BCUT2D eigenvalue weighted by atomic mass is 15.3. The number of hydrogen-bond donors (Lipinski definition) is 1. The zero-order chi connectivity index (χ0) is 16.4. The van der Waals surface area contributed by atoms with Crippen molar-refractivity contribution in [2.24, 2.45) is 0 Å². The molecule has 0 bridgehead atoms. The highest BCUT2D eigenvalue weighted by Crippen LogP contribution is 2.22. The molecule has 1 aliphatic heterocycles. The summed E-state index contributed by atoms with van der Waals surface area (Å²) in [5.74, 6) is 0.952. The normalized spacial score (nSPS) is 15.8. The average Bonchev–Trinajstić information content (AvgIpc) is 3.12. The molecule has 124 valence electrons. The standard InChI is InChI=1S/C16H20N8/c1-2-12-9-14(16-21-19-11-24(16)22-12)20-13-3-7-23(8-4-13)15-10-17-5-6-18-15/h5-6,9-11,13,20H,2-4,7-8H2,1H3. The van der Waals surface area contributed by atoms with Crippen LogP contribution in [0.25, 0.3) is 5.65 Å². The predicted molar refractivity (Wildman–Crippen MR) is 91.0 cm³/mol. The third-order valence-corrected chi connectivity index (χ3v) is 4.41. The summed E-state index contributed by atoms with van der Waals surface area (Å²) < 4.78 is 1.75. The minimum atomic E-state index is 0.408. The SMILES string of the molecule is CCc1cc(NC2CCN(c3cnccn3)CC2)c2nncn2n1. The summed E-state index contributed by atoms with van der Waals surface area (Å²) in [6.07, 6.45) is 9.89. The predicted octanol–water partition coefficient (Wildman–Crippen LogP) is 1.56. The summed E-state index contributed by atoms with van der Waals surface area (Å²) in [6.45, 7) is 4.03. The smallest absolute Gasteiger partial charge is 0.200 e. The van der Waals surface area contributed by atoms with Crippen molar-refractivity contribution < 1.29 is 0 Å². The van der Waals surface area contributed by atoms with Crippen LogP contribution in [0.2, 0.25) is 0 Å². The van der Waals surface area contributed by atoms with Gasteiger partial charge in [0.1, 0.15) is 12.1 Å². The number of fused-ring (bicyclic) bond motifs is 1. The van der Waals surface area contributed by atoms with Crippen LogP contribution in [-0.2, 0) is 6.42 Å². The van der Waals surface area contributed by atoms with Gasteiger partial charge in [0.15, 0.2) is 0 Å². The molecule has 8 heteroatoms. The van der Waals surface area contributed by atoms with Gasteiger partial charge in [0.25, 0.3) is 0 Å². The summed E-state index contributed by atoms with van der Waals surface area (Å²) in [5, 5.41) is 16.3. The van der Waals surface area contributed by atoms with E-state index in [0.29, 0.717) is 6.04 Å². The molecule has 0 spiro atoms. The van der Waals surface area contributed by atoms with Crippen LogP contribution >= 0.6 is 0 Å². The lowest BCUT2D eigenvalue weighted by atomic mass is 10.0. The van der Waals surface area contributed by atoms with E-state index in [1.54, 1.807) is 23.2 Å². The Labute approximate surface area is 140 Å². The molecule has 1 N–H and O–H groups in total. The second kappa shape index (κ2) is 6.38. The third-order valence-electron chi connectivity index (χ3n) is 4.41. The second-order valence-corrected chi connectivity index (χ2v) is 5.97. The molecule has 0 radical (unpaired) electrons. The van der Waals surface area contributed by atoms with Crippen LogP contribution in [0.3, 0.4) is 0 Å². The van der Waals surface area contributed by atoms with E-state index < -0.39 is 0 Å². The van der Waals surface area contributed by atoms with Crippen molar-refractivity contribution in [3.63, 3.8) is 0 Å². The molecule has 0 aliphatic carbocycles. The molecule has 3 aromatic heterocycles. The lowest BCUT2D eigenvalue weighted by Crippen LogP contribution is -2.39. The van der Waals surface area contributed by atoms with Crippen molar-refractivity contribution in [3.05, 3.63) is 36.7 Å². The van der Waals surface area contributed by atoms with Gasteiger partial charge in [0.2, 0.25) is 5.65 Å². The van der Waals surface area contributed by atoms with E-state index in [0.717, 1.165) is 55.2 Å². The van der Waals surface area contributed by atoms with Crippen LogP contribution < -0.4 is 10.2 Å². The van der Waals surface area contributed by atoms with E-state index in [4.69, 9.17) is 0 Å². The molecule has 8 nitrogen and oxygen atoms in total. The Kier molecular flexibility index (Phi) is 3.94. The van der Waals surface area contributed by atoms with Gasteiger partial charge < -0.3 is 10.2 Å². The zero-order valence-corrected chi connectivity index (χ0v) is 13.6. The topological polar surface area (TPSA) is 84.1 Å². The van der Waals surface area contributed by atoms with Crippen molar-refractivity contribution in [2.75, 3.05) is 23.3 Å². The number of rotatable bonds is 4. The number of anilines is 2. The summed E-state index contributed by atoms with van der Waals surface area (Å²) in [6, 6.07) is 2.49. The van der Waals surface area contributed by atoms with Crippen molar-refractivity contribution in [3.8, 4) is 0 Å². The lowest BCUT2D eigenvalue weighted by Gasteiger charge is -2.33. The lowest BCUT2D eigenvalue weighted by molar-refractivity contribution is 0.523. The van der Waals surface area contributed by atoms with Gasteiger partial charge >= 0.3 is 0 Å². The number of hydrogen-bond acceptors (Lipinski definition) is 7. The maximum absolute atomic E-state index is 4.49. The van der Waals surface area contributed by atoms with E-state index in [1.165, 1.54) is 0 Å². The third kappa shape index (κ3) is 2.86. The van der Waals surface area contributed by atoms with Gasteiger partial charge in [-0.15, -0.1) is 10.2 Å². The fourth-order valence-corrected chi connectivity index (χ4v) is 3.09. The molecule has 4 heterocycles. The highest BCUT2D eigenvalue weighted by Gasteiger charge is 2.21. The van der Waals surface area contributed by atoms with Crippen molar-refractivity contribution in [1.82, 2.24) is 29.8 Å². The van der Waals surface area contributed by atoms with Crippen LogP contribution in [0, 0.1) is 0 Å². The maximum atomic E-state index is 4.49. The Bertz CT molecular complexity index is 807. The number of nitrogens with zero attached hydrogens (tertiary/aromatic N) is 7. The fraction of sp³-hybridized carbons (Fsp3) is 0.438. The summed E-state index contributed by atoms with van der Waals surface area (Å²) in [4.78, 5) is 10.8. The Morgan fingerprint density at radius 3 is 2.88 bits per heavy atom. The minimum absolute atomic E-state index is 0.408. The molecular formula is C16H20N8. The van der Waals surface area contributed by atoms with Crippen LogP contribution in [0.1, 0.15) is 25.5 Å².